The lowest BCUT2D eigenvalue weighted by molar-refractivity contribution is 0.0409. The van der Waals surface area contributed by atoms with E-state index in [1.807, 2.05) is 0 Å². The SMILES string of the molecule is NC(=O)c1cccc(N(OC(=O)c2cccnc2)C(=O)c2ccc(F)cc2)c1. The van der Waals surface area contributed by atoms with Crippen LogP contribution in [0.5, 0.6) is 0 Å². The second-order valence-corrected chi connectivity index (χ2v) is 5.64. The summed E-state index contributed by atoms with van der Waals surface area (Å²) in [6.45, 7) is 0. The van der Waals surface area contributed by atoms with Gasteiger partial charge in [0, 0.05) is 23.5 Å². The fraction of sp³-hybridized carbons (Fsp3) is 0. The van der Waals surface area contributed by atoms with Crippen molar-refractivity contribution in [1.29, 1.82) is 0 Å². The van der Waals surface area contributed by atoms with E-state index in [4.69, 9.17) is 10.6 Å². The molecule has 28 heavy (non-hydrogen) atoms. The molecule has 8 heteroatoms. The van der Waals surface area contributed by atoms with Gasteiger partial charge in [-0.2, -0.15) is 0 Å². The standard InChI is InChI=1S/C20H14FN3O4/c21-16-8-6-13(7-9-16)19(26)24(17-5-1-3-14(11-17)18(22)25)28-20(27)15-4-2-10-23-12-15/h1-12H,(H2,22,25). The number of pyridine rings is 1. The van der Waals surface area contributed by atoms with E-state index in [2.05, 4.69) is 4.98 Å². The van der Waals surface area contributed by atoms with Crippen LogP contribution in [0.2, 0.25) is 0 Å². The molecule has 140 valence electrons. The molecule has 0 bridgehead atoms. The van der Waals surface area contributed by atoms with Crippen LogP contribution in [0.3, 0.4) is 0 Å². The van der Waals surface area contributed by atoms with Gasteiger partial charge in [0.1, 0.15) is 5.82 Å². The fourth-order valence-electron chi connectivity index (χ4n) is 2.33. The van der Waals surface area contributed by atoms with Crippen LogP contribution in [0.15, 0.2) is 73.1 Å². The summed E-state index contributed by atoms with van der Waals surface area (Å²) in [4.78, 5) is 45.9. The van der Waals surface area contributed by atoms with Gasteiger partial charge in [-0.05, 0) is 54.6 Å². The first kappa shape index (κ1) is 18.7. The maximum Gasteiger partial charge on any atom is 0.365 e. The monoisotopic (exact) mass is 379 g/mol. The Kier molecular flexibility index (Phi) is 5.40. The van der Waals surface area contributed by atoms with Crippen molar-refractivity contribution in [3.05, 3.63) is 95.6 Å². The highest BCUT2D eigenvalue weighted by atomic mass is 19.1. The Bertz CT molecular complexity index is 1020. The van der Waals surface area contributed by atoms with E-state index in [9.17, 15) is 18.8 Å². The lowest BCUT2D eigenvalue weighted by Gasteiger charge is -2.21. The predicted octanol–water partition coefficient (Wildman–Crippen LogP) is 2.74. The van der Waals surface area contributed by atoms with Crippen molar-refractivity contribution < 1.29 is 23.6 Å². The molecule has 0 aliphatic carbocycles. The maximum absolute atomic E-state index is 13.2. The number of nitrogens with two attached hydrogens (primary N) is 1. The molecule has 0 aliphatic heterocycles. The van der Waals surface area contributed by atoms with Gasteiger partial charge in [-0.15, -0.1) is 5.06 Å². The Morgan fingerprint density at radius 3 is 2.29 bits per heavy atom. The van der Waals surface area contributed by atoms with E-state index in [1.165, 1.54) is 60.9 Å². The first-order valence-electron chi connectivity index (χ1n) is 8.08. The molecule has 7 nitrogen and oxygen atoms in total. The van der Waals surface area contributed by atoms with Gasteiger partial charge in [0.05, 0.1) is 11.3 Å². The molecule has 0 atom stereocenters. The van der Waals surface area contributed by atoms with Crippen molar-refractivity contribution in [2.75, 3.05) is 5.06 Å². The van der Waals surface area contributed by atoms with Gasteiger partial charge < -0.3 is 10.6 Å². The number of carbonyl (C=O) groups is 3. The van der Waals surface area contributed by atoms with E-state index in [0.29, 0.717) is 0 Å². The van der Waals surface area contributed by atoms with Crippen molar-refractivity contribution >= 4 is 23.5 Å². The number of nitrogens with zero attached hydrogens (tertiary/aromatic N) is 2. The van der Waals surface area contributed by atoms with Crippen molar-refractivity contribution in [3.8, 4) is 0 Å². The number of hydrogen-bond donors (Lipinski definition) is 1. The van der Waals surface area contributed by atoms with Crippen LogP contribution in [-0.4, -0.2) is 22.8 Å². The highest BCUT2D eigenvalue weighted by molar-refractivity contribution is 6.07. The Balaban J connectivity index is 1.99. The average molecular weight is 379 g/mol. The molecule has 0 radical (unpaired) electrons. The summed E-state index contributed by atoms with van der Waals surface area (Å²) < 4.78 is 13.2. The number of carbonyl (C=O) groups excluding carboxylic acids is 3. The van der Waals surface area contributed by atoms with E-state index >= 15 is 0 Å². The molecule has 1 heterocycles. The summed E-state index contributed by atoms with van der Waals surface area (Å²) in [5, 5.41) is 0.717. The molecule has 2 amide bonds. The number of hydroxylamine groups is 1. The molecule has 1 aromatic heterocycles. The van der Waals surface area contributed by atoms with Crippen LogP contribution in [0.25, 0.3) is 0 Å². The second-order valence-electron chi connectivity index (χ2n) is 5.64. The minimum absolute atomic E-state index is 0.0739. The third kappa shape index (κ3) is 4.18. The zero-order valence-corrected chi connectivity index (χ0v) is 14.4. The number of primary amides is 1. The van der Waals surface area contributed by atoms with E-state index in [0.717, 1.165) is 17.2 Å². The molecule has 2 aromatic carbocycles. The fourth-order valence-corrected chi connectivity index (χ4v) is 2.33. The lowest BCUT2D eigenvalue weighted by atomic mass is 10.1. The van der Waals surface area contributed by atoms with Crippen LogP contribution >= 0.6 is 0 Å². The normalized spacial score (nSPS) is 10.2. The molecule has 0 aliphatic rings. The molecule has 3 aromatic rings. The van der Waals surface area contributed by atoms with Crippen LogP contribution in [0.1, 0.15) is 31.1 Å². The van der Waals surface area contributed by atoms with Gasteiger partial charge in [0.2, 0.25) is 5.91 Å². The molecular weight excluding hydrogens is 365 g/mol. The third-order valence-corrected chi connectivity index (χ3v) is 3.71. The van der Waals surface area contributed by atoms with Gasteiger partial charge in [-0.25, -0.2) is 9.18 Å². The molecule has 0 spiro atoms. The zero-order chi connectivity index (χ0) is 20.1. The van der Waals surface area contributed by atoms with Crippen LogP contribution < -0.4 is 10.8 Å². The van der Waals surface area contributed by atoms with Crippen LogP contribution in [-0.2, 0) is 4.84 Å². The molecule has 0 unspecified atom stereocenters. The molecule has 3 rings (SSSR count). The first-order valence-corrected chi connectivity index (χ1v) is 8.08. The Morgan fingerprint density at radius 2 is 1.64 bits per heavy atom. The molecular formula is C20H14FN3O4. The first-order chi connectivity index (χ1) is 13.5. The summed E-state index contributed by atoms with van der Waals surface area (Å²) in [6, 6.07) is 13.4. The molecule has 0 fully saturated rings. The zero-order valence-electron chi connectivity index (χ0n) is 14.4. The smallest absolute Gasteiger partial charge is 0.365 e. The Hall–Kier alpha value is -4.07. The van der Waals surface area contributed by atoms with Crippen molar-refractivity contribution in [2.45, 2.75) is 0 Å². The van der Waals surface area contributed by atoms with Crippen LogP contribution in [0.4, 0.5) is 10.1 Å². The summed E-state index contributed by atoms with van der Waals surface area (Å²) in [5.74, 6) is -2.81. The molecule has 0 saturated carbocycles. The number of anilines is 1. The minimum atomic E-state index is -0.840. The summed E-state index contributed by atoms with van der Waals surface area (Å²) in [5.41, 5.74) is 5.69. The average Bonchev–Trinajstić information content (AvgIpc) is 2.72. The molecule has 0 saturated heterocycles. The quantitative estimate of drug-likeness (QED) is 0.702. The van der Waals surface area contributed by atoms with E-state index < -0.39 is 23.6 Å². The summed E-state index contributed by atoms with van der Waals surface area (Å²) in [7, 11) is 0. The van der Waals surface area contributed by atoms with E-state index in [-0.39, 0.29) is 22.4 Å². The lowest BCUT2D eigenvalue weighted by Crippen LogP contribution is -2.34. The number of hydrogen-bond acceptors (Lipinski definition) is 5. The largest absolute Gasteiger partial charge is 0.366 e. The Labute approximate surface area is 159 Å². The number of halogens is 1. The van der Waals surface area contributed by atoms with Crippen molar-refractivity contribution in [2.24, 2.45) is 5.73 Å². The third-order valence-electron chi connectivity index (χ3n) is 3.71. The number of rotatable bonds is 4. The number of benzene rings is 2. The van der Waals surface area contributed by atoms with Gasteiger partial charge >= 0.3 is 5.97 Å². The van der Waals surface area contributed by atoms with Crippen molar-refractivity contribution in [3.63, 3.8) is 0 Å². The highest BCUT2D eigenvalue weighted by Crippen LogP contribution is 2.21. The second kappa shape index (κ2) is 8.09. The number of aromatic nitrogens is 1. The number of amides is 2. The van der Waals surface area contributed by atoms with Crippen LogP contribution in [0, 0.1) is 5.82 Å². The van der Waals surface area contributed by atoms with Gasteiger partial charge in [-0.3, -0.25) is 14.6 Å². The van der Waals surface area contributed by atoms with Crippen molar-refractivity contribution in [1.82, 2.24) is 4.98 Å². The van der Waals surface area contributed by atoms with Gasteiger partial charge in [-0.1, -0.05) is 6.07 Å². The highest BCUT2D eigenvalue weighted by Gasteiger charge is 2.24. The maximum atomic E-state index is 13.2. The van der Waals surface area contributed by atoms with Gasteiger partial charge in [0.25, 0.3) is 5.91 Å². The summed E-state index contributed by atoms with van der Waals surface area (Å²) in [6.07, 6.45) is 2.76. The van der Waals surface area contributed by atoms with Gasteiger partial charge in [0.15, 0.2) is 0 Å². The Morgan fingerprint density at radius 1 is 0.929 bits per heavy atom. The summed E-state index contributed by atoms with van der Waals surface area (Å²) >= 11 is 0. The predicted molar refractivity (Wildman–Crippen MR) is 97.8 cm³/mol. The molecule has 2 N–H and O–H groups in total. The minimum Gasteiger partial charge on any atom is -0.366 e. The van der Waals surface area contributed by atoms with E-state index in [1.54, 1.807) is 0 Å². The topological polar surface area (TPSA) is 103 Å².